The third-order valence-corrected chi connectivity index (χ3v) is 9.41. The second-order valence-corrected chi connectivity index (χ2v) is 13.5. The number of amides is 2. The lowest BCUT2D eigenvalue weighted by atomic mass is 9.47. The summed E-state index contributed by atoms with van der Waals surface area (Å²) in [5.74, 6) is -0.520. The minimum Gasteiger partial charge on any atom is -0.466 e. The summed E-state index contributed by atoms with van der Waals surface area (Å²) in [6, 6.07) is 0. The molecule has 0 aromatic rings. The SMILES string of the molecule is CCOC(=O)CC1CCC2(CC1)OO[C@@]1(O2)[C@@H]2C[C@@H]3C[C@H]1C[C@@](C(=O)NCCCNC(=O)OC(C)(C)C)(C3)C2. The molecule has 4 bridgehead atoms. The van der Waals surface area contributed by atoms with Gasteiger partial charge in [0.2, 0.25) is 17.5 Å². The lowest BCUT2D eigenvalue weighted by molar-refractivity contribution is -0.393. The van der Waals surface area contributed by atoms with E-state index in [-0.39, 0.29) is 35.0 Å². The van der Waals surface area contributed by atoms with Crippen LogP contribution < -0.4 is 10.6 Å². The Bertz CT molecular complexity index is 922. The summed E-state index contributed by atoms with van der Waals surface area (Å²) in [7, 11) is 0. The molecular formula is C29H46N2O8. The molecule has 39 heavy (non-hydrogen) atoms. The molecule has 5 saturated carbocycles. The van der Waals surface area contributed by atoms with Crippen molar-refractivity contribution in [1.29, 1.82) is 0 Å². The van der Waals surface area contributed by atoms with Crippen molar-refractivity contribution in [3.8, 4) is 0 Å². The number of hydrogen-bond donors (Lipinski definition) is 2. The second-order valence-electron chi connectivity index (χ2n) is 13.5. The summed E-state index contributed by atoms with van der Waals surface area (Å²) >= 11 is 0. The molecule has 1 aliphatic heterocycles. The van der Waals surface area contributed by atoms with Crippen LogP contribution in [0, 0.1) is 29.1 Å². The zero-order valence-electron chi connectivity index (χ0n) is 24.0. The van der Waals surface area contributed by atoms with Gasteiger partial charge in [0, 0.05) is 44.2 Å². The third kappa shape index (κ3) is 5.93. The molecule has 0 radical (unpaired) electrons. The van der Waals surface area contributed by atoms with Crippen molar-refractivity contribution < 1.29 is 38.4 Å². The molecule has 6 aliphatic rings. The molecular weight excluding hydrogens is 504 g/mol. The molecule has 2 amide bonds. The van der Waals surface area contributed by atoms with Gasteiger partial charge in [-0.05, 0) is 90.9 Å². The zero-order valence-corrected chi connectivity index (χ0v) is 24.0. The van der Waals surface area contributed by atoms with Crippen LogP contribution in [0.25, 0.3) is 0 Å². The van der Waals surface area contributed by atoms with Gasteiger partial charge < -0.3 is 24.8 Å². The van der Waals surface area contributed by atoms with Gasteiger partial charge in [-0.3, -0.25) is 9.59 Å². The van der Waals surface area contributed by atoms with Crippen molar-refractivity contribution in [2.24, 2.45) is 29.1 Å². The Morgan fingerprint density at radius 1 is 0.949 bits per heavy atom. The van der Waals surface area contributed by atoms with E-state index in [2.05, 4.69) is 10.6 Å². The fraction of sp³-hybridized carbons (Fsp3) is 0.897. The van der Waals surface area contributed by atoms with Crippen molar-refractivity contribution in [2.45, 2.75) is 115 Å². The van der Waals surface area contributed by atoms with Crippen molar-refractivity contribution in [1.82, 2.24) is 10.6 Å². The van der Waals surface area contributed by atoms with E-state index in [0.29, 0.717) is 51.3 Å². The number of esters is 1. The van der Waals surface area contributed by atoms with E-state index < -0.39 is 23.3 Å². The van der Waals surface area contributed by atoms with Gasteiger partial charge in [-0.2, -0.15) is 9.78 Å². The second kappa shape index (κ2) is 10.8. The average Bonchev–Trinajstić information content (AvgIpc) is 3.22. The van der Waals surface area contributed by atoms with E-state index in [0.717, 1.165) is 44.9 Å². The van der Waals surface area contributed by atoms with E-state index >= 15 is 0 Å². The molecule has 5 atom stereocenters. The maximum atomic E-state index is 13.5. The van der Waals surface area contributed by atoms with Crippen molar-refractivity contribution >= 4 is 18.0 Å². The van der Waals surface area contributed by atoms with Crippen molar-refractivity contribution in [3.05, 3.63) is 0 Å². The first kappa shape index (κ1) is 28.6. The molecule has 2 spiro atoms. The molecule has 0 unspecified atom stereocenters. The highest BCUT2D eigenvalue weighted by atomic mass is 17.3. The van der Waals surface area contributed by atoms with Gasteiger partial charge in [-0.25, -0.2) is 4.79 Å². The summed E-state index contributed by atoms with van der Waals surface area (Å²) in [4.78, 5) is 49.4. The maximum Gasteiger partial charge on any atom is 0.407 e. The first-order valence-electron chi connectivity index (χ1n) is 14.9. The highest BCUT2D eigenvalue weighted by Crippen LogP contribution is 2.67. The van der Waals surface area contributed by atoms with Crippen LogP contribution in [0.15, 0.2) is 0 Å². The van der Waals surface area contributed by atoms with Crippen LogP contribution >= 0.6 is 0 Å². The molecule has 2 N–H and O–H groups in total. The maximum absolute atomic E-state index is 13.5. The highest BCUT2D eigenvalue weighted by molar-refractivity contribution is 5.83. The van der Waals surface area contributed by atoms with Crippen LogP contribution in [0.1, 0.15) is 98.3 Å². The highest BCUT2D eigenvalue weighted by Gasteiger charge is 2.71. The molecule has 0 aromatic heterocycles. The van der Waals surface area contributed by atoms with E-state index in [1.54, 1.807) is 0 Å². The fourth-order valence-electron chi connectivity index (χ4n) is 7.92. The number of carbonyl (C=O) groups excluding carboxylic acids is 3. The number of carbonyl (C=O) groups is 3. The van der Waals surface area contributed by atoms with Crippen LogP contribution in [-0.2, 0) is 33.6 Å². The number of ether oxygens (including phenoxy) is 3. The van der Waals surface area contributed by atoms with Gasteiger partial charge in [0.1, 0.15) is 5.60 Å². The zero-order chi connectivity index (χ0) is 27.9. The normalized spacial score (nSPS) is 38.7. The van der Waals surface area contributed by atoms with Gasteiger partial charge in [-0.1, -0.05) is 0 Å². The molecule has 6 fully saturated rings. The fourth-order valence-corrected chi connectivity index (χ4v) is 7.92. The van der Waals surface area contributed by atoms with E-state index in [1.165, 1.54) is 0 Å². The third-order valence-electron chi connectivity index (χ3n) is 9.41. The van der Waals surface area contributed by atoms with Gasteiger partial charge in [0.25, 0.3) is 0 Å². The number of alkyl carbamates (subject to hydrolysis) is 1. The van der Waals surface area contributed by atoms with Crippen molar-refractivity contribution in [3.63, 3.8) is 0 Å². The molecule has 0 aromatic carbocycles. The summed E-state index contributed by atoms with van der Waals surface area (Å²) in [5.41, 5.74) is -0.921. The van der Waals surface area contributed by atoms with Crippen LogP contribution in [-0.4, -0.2) is 54.8 Å². The lowest BCUT2D eigenvalue weighted by Gasteiger charge is -2.61. The average molecular weight is 551 g/mol. The molecule has 1 saturated heterocycles. The van der Waals surface area contributed by atoms with Crippen LogP contribution in [0.2, 0.25) is 0 Å². The van der Waals surface area contributed by atoms with E-state index in [9.17, 15) is 14.4 Å². The number of nitrogens with one attached hydrogen (secondary N) is 2. The van der Waals surface area contributed by atoms with E-state index in [4.69, 9.17) is 24.0 Å². The first-order chi connectivity index (χ1) is 18.5. The Balaban J connectivity index is 1.12. The standard InChI is InChI=1S/C29H46N2O8/c1-5-35-23(32)15-19-7-9-28(10-8-19)37-29(39-38-28)21-13-20-14-22(29)18-27(16-20,17-21)24(33)30-11-6-12-31-25(34)36-26(2,3)4/h19-22H,5-18H2,1-4H3,(H,30,33)(H,31,34)/t19?,20-,21-,22+,27-,28?,29+. The smallest absolute Gasteiger partial charge is 0.407 e. The lowest BCUT2D eigenvalue weighted by Crippen LogP contribution is -2.65. The minimum atomic E-state index is -0.772. The quantitative estimate of drug-likeness (QED) is 0.260. The van der Waals surface area contributed by atoms with Crippen LogP contribution in [0.5, 0.6) is 0 Å². The molecule has 10 heteroatoms. The monoisotopic (exact) mass is 550 g/mol. The topological polar surface area (TPSA) is 121 Å². The molecule has 6 rings (SSSR count). The van der Waals surface area contributed by atoms with Gasteiger partial charge in [0.15, 0.2) is 0 Å². The van der Waals surface area contributed by atoms with Gasteiger partial charge in [0.05, 0.1) is 12.0 Å². The summed E-state index contributed by atoms with van der Waals surface area (Å²) in [6.07, 6.45) is 8.11. The van der Waals surface area contributed by atoms with Crippen molar-refractivity contribution in [2.75, 3.05) is 19.7 Å². The predicted molar refractivity (Wildman–Crippen MR) is 140 cm³/mol. The summed E-state index contributed by atoms with van der Waals surface area (Å²) in [5, 5.41) is 5.89. The van der Waals surface area contributed by atoms with Crippen LogP contribution in [0.3, 0.4) is 0 Å². The predicted octanol–water partition coefficient (Wildman–Crippen LogP) is 4.36. The minimum absolute atomic E-state index is 0.113. The molecule has 220 valence electrons. The molecule has 1 heterocycles. The Labute approximate surface area is 231 Å². The summed E-state index contributed by atoms with van der Waals surface area (Å²) in [6.45, 7) is 8.68. The Morgan fingerprint density at radius 2 is 1.62 bits per heavy atom. The molecule has 5 aliphatic carbocycles. The molecule has 10 nitrogen and oxygen atoms in total. The first-order valence-corrected chi connectivity index (χ1v) is 14.9. The Hall–Kier alpha value is -1.91. The van der Waals surface area contributed by atoms with Crippen LogP contribution in [0.4, 0.5) is 4.79 Å². The Morgan fingerprint density at radius 3 is 2.26 bits per heavy atom. The van der Waals surface area contributed by atoms with Gasteiger partial charge >= 0.3 is 12.1 Å². The van der Waals surface area contributed by atoms with Gasteiger partial charge in [-0.15, -0.1) is 0 Å². The number of hydrogen-bond acceptors (Lipinski definition) is 8. The Kier molecular flexibility index (Phi) is 7.94. The summed E-state index contributed by atoms with van der Waals surface area (Å²) < 4.78 is 17.2. The largest absolute Gasteiger partial charge is 0.466 e. The van der Waals surface area contributed by atoms with E-state index in [1.807, 2.05) is 27.7 Å². The number of rotatable bonds is 8.